The Bertz CT molecular complexity index is 488. The van der Waals surface area contributed by atoms with E-state index in [4.69, 9.17) is 9.84 Å². The van der Waals surface area contributed by atoms with Gasteiger partial charge in [-0.1, -0.05) is 0 Å². The van der Waals surface area contributed by atoms with Gasteiger partial charge in [-0.3, -0.25) is 4.79 Å². The van der Waals surface area contributed by atoms with Gasteiger partial charge in [0.25, 0.3) is 0 Å². The fourth-order valence-electron chi connectivity index (χ4n) is 2.22. The minimum Gasteiger partial charge on any atom is -0.480 e. The summed E-state index contributed by atoms with van der Waals surface area (Å²) in [6.45, 7) is 1.51. The number of amides is 2. The molecule has 0 atom stereocenters. The number of carboxylic acids is 1. The second kappa shape index (κ2) is 6.71. The van der Waals surface area contributed by atoms with Gasteiger partial charge in [0.15, 0.2) is 0 Å². The molecule has 1 aromatic heterocycles. The van der Waals surface area contributed by atoms with Crippen molar-refractivity contribution in [2.24, 2.45) is 0 Å². The van der Waals surface area contributed by atoms with Gasteiger partial charge in [-0.25, -0.2) is 4.79 Å². The molecule has 0 unspecified atom stereocenters. The van der Waals surface area contributed by atoms with Crippen LogP contribution >= 0.6 is 11.3 Å². The molecule has 0 aromatic carbocycles. The molecule has 2 heterocycles. The molecule has 6 nitrogen and oxygen atoms in total. The van der Waals surface area contributed by atoms with Crippen molar-refractivity contribution >= 4 is 23.3 Å². The van der Waals surface area contributed by atoms with Gasteiger partial charge in [-0.15, -0.1) is 11.3 Å². The SMILES string of the molecule is COCCN(CC(=O)O)C(=O)N1CCc2sccc2C1. The Morgan fingerprint density at radius 2 is 2.35 bits per heavy atom. The molecule has 1 aromatic rings. The number of fused-ring (bicyclic) bond motifs is 1. The standard InChI is InChI=1S/C13H18N2O4S/c1-19-6-5-15(9-12(16)17)13(18)14-4-2-11-10(8-14)3-7-20-11/h3,7H,2,4-6,8-9H2,1H3,(H,16,17). The van der Waals surface area contributed by atoms with Gasteiger partial charge in [0, 0.05) is 31.6 Å². The van der Waals surface area contributed by atoms with E-state index in [9.17, 15) is 9.59 Å². The Kier molecular flexibility index (Phi) is 4.97. The van der Waals surface area contributed by atoms with E-state index in [1.807, 2.05) is 11.4 Å². The number of carbonyl (C=O) groups is 2. The molecule has 0 aliphatic carbocycles. The van der Waals surface area contributed by atoms with E-state index in [0.717, 1.165) is 12.0 Å². The zero-order chi connectivity index (χ0) is 14.5. The predicted molar refractivity (Wildman–Crippen MR) is 74.9 cm³/mol. The maximum absolute atomic E-state index is 12.4. The minimum absolute atomic E-state index is 0.235. The zero-order valence-electron chi connectivity index (χ0n) is 11.4. The van der Waals surface area contributed by atoms with Crippen LogP contribution in [-0.2, 0) is 22.5 Å². The maximum Gasteiger partial charge on any atom is 0.323 e. The molecule has 1 aliphatic heterocycles. The first-order valence-corrected chi connectivity index (χ1v) is 7.29. The predicted octanol–water partition coefficient (Wildman–Crippen LogP) is 1.26. The van der Waals surface area contributed by atoms with Gasteiger partial charge in [0.05, 0.1) is 6.61 Å². The number of methoxy groups -OCH3 is 1. The van der Waals surface area contributed by atoms with Crippen LogP contribution in [0, 0.1) is 0 Å². The molecule has 110 valence electrons. The van der Waals surface area contributed by atoms with Crippen LogP contribution in [-0.4, -0.2) is 60.3 Å². The van der Waals surface area contributed by atoms with E-state index in [2.05, 4.69) is 0 Å². The molecular weight excluding hydrogens is 280 g/mol. The van der Waals surface area contributed by atoms with Crippen molar-refractivity contribution in [3.63, 3.8) is 0 Å². The average molecular weight is 298 g/mol. The van der Waals surface area contributed by atoms with Gasteiger partial charge in [-0.05, 0) is 23.4 Å². The Morgan fingerprint density at radius 3 is 3.05 bits per heavy atom. The fraction of sp³-hybridized carbons (Fsp3) is 0.538. The van der Waals surface area contributed by atoms with Crippen LogP contribution in [0.2, 0.25) is 0 Å². The van der Waals surface area contributed by atoms with Crippen molar-refractivity contribution in [3.8, 4) is 0 Å². The molecule has 2 amide bonds. The molecular formula is C13H18N2O4S. The minimum atomic E-state index is -1.01. The molecule has 2 rings (SSSR count). The third-order valence-electron chi connectivity index (χ3n) is 3.24. The van der Waals surface area contributed by atoms with Gasteiger partial charge in [0.1, 0.15) is 6.54 Å². The lowest BCUT2D eigenvalue weighted by atomic mass is 10.1. The quantitative estimate of drug-likeness (QED) is 0.888. The van der Waals surface area contributed by atoms with Crippen molar-refractivity contribution in [2.75, 3.05) is 33.4 Å². The van der Waals surface area contributed by atoms with Crippen molar-refractivity contribution in [1.82, 2.24) is 9.80 Å². The summed E-state index contributed by atoms with van der Waals surface area (Å²) in [6.07, 6.45) is 0.837. The molecule has 0 saturated carbocycles. The molecule has 0 bridgehead atoms. The number of thiophene rings is 1. The van der Waals surface area contributed by atoms with Crippen LogP contribution in [0.1, 0.15) is 10.4 Å². The Labute approximate surface area is 121 Å². The van der Waals surface area contributed by atoms with Crippen LogP contribution in [0.5, 0.6) is 0 Å². The van der Waals surface area contributed by atoms with Crippen molar-refractivity contribution in [2.45, 2.75) is 13.0 Å². The lowest BCUT2D eigenvalue weighted by Gasteiger charge is -2.32. The number of nitrogens with zero attached hydrogens (tertiary/aromatic N) is 2. The van der Waals surface area contributed by atoms with E-state index in [1.54, 1.807) is 16.2 Å². The number of carboxylic acid groups (broad SMARTS) is 1. The smallest absolute Gasteiger partial charge is 0.323 e. The molecule has 0 fully saturated rings. The first-order valence-electron chi connectivity index (χ1n) is 6.41. The van der Waals surface area contributed by atoms with Crippen LogP contribution in [0.4, 0.5) is 4.79 Å². The Hall–Kier alpha value is -1.60. The number of hydrogen-bond donors (Lipinski definition) is 1. The van der Waals surface area contributed by atoms with Crippen molar-refractivity contribution in [1.29, 1.82) is 0 Å². The normalized spacial score (nSPS) is 13.9. The van der Waals surface area contributed by atoms with Gasteiger partial charge in [-0.2, -0.15) is 0 Å². The van der Waals surface area contributed by atoms with Crippen molar-refractivity contribution < 1.29 is 19.4 Å². The number of carbonyl (C=O) groups excluding carboxylic acids is 1. The van der Waals surface area contributed by atoms with Crippen LogP contribution in [0.15, 0.2) is 11.4 Å². The van der Waals surface area contributed by atoms with E-state index in [1.165, 1.54) is 16.9 Å². The average Bonchev–Trinajstić information content (AvgIpc) is 2.89. The third kappa shape index (κ3) is 3.49. The summed E-state index contributed by atoms with van der Waals surface area (Å²) < 4.78 is 4.93. The van der Waals surface area contributed by atoms with Crippen LogP contribution < -0.4 is 0 Å². The largest absolute Gasteiger partial charge is 0.480 e. The summed E-state index contributed by atoms with van der Waals surface area (Å²) in [7, 11) is 1.53. The number of aliphatic carboxylic acids is 1. The first-order chi connectivity index (χ1) is 9.61. The summed E-state index contributed by atoms with van der Waals surface area (Å²) >= 11 is 1.71. The molecule has 1 N–H and O–H groups in total. The van der Waals surface area contributed by atoms with Gasteiger partial charge >= 0.3 is 12.0 Å². The lowest BCUT2D eigenvalue weighted by molar-refractivity contribution is -0.137. The number of ether oxygens (including phenoxy) is 1. The molecule has 7 heteroatoms. The summed E-state index contributed by atoms with van der Waals surface area (Å²) in [5.74, 6) is -1.01. The highest BCUT2D eigenvalue weighted by Crippen LogP contribution is 2.24. The molecule has 1 aliphatic rings. The topological polar surface area (TPSA) is 70.1 Å². The summed E-state index contributed by atoms with van der Waals surface area (Å²) in [6, 6.07) is 1.79. The molecule has 0 saturated heterocycles. The van der Waals surface area contributed by atoms with Crippen LogP contribution in [0.25, 0.3) is 0 Å². The second-order valence-electron chi connectivity index (χ2n) is 4.63. The third-order valence-corrected chi connectivity index (χ3v) is 4.26. The van der Waals surface area contributed by atoms with Crippen molar-refractivity contribution in [3.05, 3.63) is 21.9 Å². The number of hydrogen-bond acceptors (Lipinski definition) is 4. The summed E-state index contributed by atoms with van der Waals surface area (Å²) in [5.41, 5.74) is 1.16. The Morgan fingerprint density at radius 1 is 1.55 bits per heavy atom. The molecule has 0 radical (unpaired) electrons. The summed E-state index contributed by atoms with van der Waals surface area (Å²) in [5, 5.41) is 10.9. The van der Waals surface area contributed by atoms with E-state index in [-0.39, 0.29) is 19.1 Å². The first kappa shape index (κ1) is 14.8. The molecule has 20 heavy (non-hydrogen) atoms. The van der Waals surface area contributed by atoms with Gasteiger partial charge in [0.2, 0.25) is 0 Å². The zero-order valence-corrected chi connectivity index (χ0v) is 12.2. The van der Waals surface area contributed by atoms with Gasteiger partial charge < -0.3 is 19.6 Å². The second-order valence-corrected chi connectivity index (χ2v) is 5.63. The maximum atomic E-state index is 12.4. The van der Waals surface area contributed by atoms with Crippen LogP contribution in [0.3, 0.4) is 0 Å². The highest BCUT2D eigenvalue weighted by molar-refractivity contribution is 7.10. The summed E-state index contributed by atoms with van der Waals surface area (Å²) in [4.78, 5) is 27.6. The van der Waals surface area contributed by atoms with E-state index < -0.39 is 5.97 Å². The molecule has 0 spiro atoms. The lowest BCUT2D eigenvalue weighted by Crippen LogP contribution is -2.48. The Balaban J connectivity index is 2.02. The number of urea groups is 1. The monoisotopic (exact) mass is 298 g/mol. The highest BCUT2D eigenvalue weighted by Gasteiger charge is 2.26. The van der Waals surface area contributed by atoms with E-state index >= 15 is 0 Å². The number of rotatable bonds is 5. The highest BCUT2D eigenvalue weighted by atomic mass is 32.1. The van der Waals surface area contributed by atoms with E-state index in [0.29, 0.717) is 19.7 Å². The fourth-order valence-corrected chi connectivity index (χ4v) is 3.11.